The molecule has 1 aromatic carbocycles. The molecule has 30 heavy (non-hydrogen) atoms. The standard InChI is InChI=1S/C21H24FN5O2S/c1-13-4-5-14(19-25-18(12-30-19)21(2,3)29)11-26(13)20(28)16-7-6-15(22)10-17(16)27-23-8-9-24-27/h6-10,12-14,29H,4-5,11H2,1-3H3. The molecule has 0 aliphatic carbocycles. The molecule has 1 fully saturated rings. The number of aliphatic hydroxyl groups is 1. The number of amides is 1. The average Bonchev–Trinajstić information content (AvgIpc) is 3.40. The normalized spacial score (nSPS) is 19.8. The lowest BCUT2D eigenvalue weighted by Gasteiger charge is -2.37. The lowest BCUT2D eigenvalue weighted by atomic mass is 9.93. The van der Waals surface area contributed by atoms with Gasteiger partial charge in [0, 0.05) is 30.0 Å². The maximum atomic E-state index is 13.9. The van der Waals surface area contributed by atoms with Crippen LogP contribution in [0.25, 0.3) is 5.69 Å². The first-order chi connectivity index (χ1) is 14.2. The zero-order valence-electron chi connectivity index (χ0n) is 17.1. The highest BCUT2D eigenvalue weighted by Gasteiger charge is 2.33. The maximum absolute atomic E-state index is 13.9. The first-order valence-electron chi connectivity index (χ1n) is 9.89. The van der Waals surface area contributed by atoms with Gasteiger partial charge < -0.3 is 10.0 Å². The summed E-state index contributed by atoms with van der Waals surface area (Å²) in [5.74, 6) is -0.540. The van der Waals surface area contributed by atoms with Crippen LogP contribution in [-0.2, 0) is 5.60 Å². The van der Waals surface area contributed by atoms with Gasteiger partial charge >= 0.3 is 0 Å². The monoisotopic (exact) mass is 429 g/mol. The van der Waals surface area contributed by atoms with Gasteiger partial charge in [0.15, 0.2) is 0 Å². The third-order valence-electron chi connectivity index (χ3n) is 5.47. The molecule has 7 nitrogen and oxygen atoms in total. The zero-order valence-corrected chi connectivity index (χ0v) is 17.9. The molecule has 3 heterocycles. The van der Waals surface area contributed by atoms with Crippen molar-refractivity contribution in [1.82, 2.24) is 24.9 Å². The van der Waals surface area contributed by atoms with E-state index < -0.39 is 11.4 Å². The van der Waals surface area contributed by atoms with Crippen LogP contribution in [0.15, 0.2) is 36.0 Å². The summed E-state index contributed by atoms with van der Waals surface area (Å²) in [6.07, 6.45) is 4.73. The highest BCUT2D eigenvalue weighted by Crippen LogP contribution is 2.34. The predicted molar refractivity (Wildman–Crippen MR) is 111 cm³/mol. The Kier molecular flexibility index (Phi) is 5.42. The van der Waals surface area contributed by atoms with Crippen molar-refractivity contribution in [3.05, 3.63) is 58.1 Å². The number of piperidine rings is 1. The third-order valence-corrected chi connectivity index (χ3v) is 6.47. The van der Waals surface area contributed by atoms with E-state index in [1.165, 1.54) is 46.7 Å². The highest BCUT2D eigenvalue weighted by molar-refractivity contribution is 7.09. The zero-order chi connectivity index (χ0) is 21.5. The van der Waals surface area contributed by atoms with Crippen molar-refractivity contribution in [3.63, 3.8) is 0 Å². The molecular weight excluding hydrogens is 405 g/mol. The third kappa shape index (κ3) is 3.99. The van der Waals surface area contributed by atoms with Crippen LogP contribution in [0.1, 0.15) is 60.6 Å². The quantitative estimate of drug-likeness (QED) is 0.686. The Morgan fingerprint density at radius 1 is 1.27 bits per heavy atom. The molecule has 3 aromatic rings. The van der Waals surface area contributed by atoms with Gasteiger partial charge in [-0.15, -0.1) is 11.3 Å². The summed E-state index contributed by atoms with van der Waals surface area (Å²) in [5.41, 5.74) is 0.324. The molecule has 2 unspecified atom stereocenters. The summed E-state index contributed by atoms with van der Waals surface area (Å²) in [6.45, 7) is 5.96. The van der Waals surface area contributed by atoms with E-state index in [2.05, 4.69) is 15.2 Å². The van der Waals surface area contributed by atoms with E-state index in [1.807, 2.05) is 17.2 Å². The number of carbonyl (C=O) groups excluding carboxylic acids is 1. The second-order valence-electron chi connectivity index (χ2n) is 8.19. The molecule has 2 aromatic heterocycles. The van der Waals surface area contributed by atoms with Gasteiger partial charge in [-0.2, -0.15) is 15.0 Å². The van der Waals surface area contributed by atoms with E-state index in [9.17, 15) is 14.3 Å². The highest BCUT2D eigenvalue weighted by atomic mass is 32.1. The van der Waals surface area contributed by atoms with Gasteiger partial charge in [-0.25, -0.2) is 9.37 Å². The Morgan fingerprint density at radius 2 is 2.00 bits per heavy atom. The van der Waals surface area contributed by atoms with Crippen LogP contribution in [0.5, 0.6) is 0 Å². The lowest BCUT2D eigenvalue weighted by Crippen LogP contribution is -2.45. The van der Waals surface area contributed by atoms with Crippen molar-refractivity contribution in [2.75, 3.05) is 6.54 Å². The summed E-state index contributed by atoms with van der Waals surface area (Å²) in [6, 6.07) is 4.09. The smallest absolute Gasteiger partial charge is 0.256 e. The van der Waals surface area contributed by atoms with Crippen LogP contribution < -0.4 is 0 Å². The minimum atomic E-state index is -0.994. The van der Waals surface area contributed by atoms with E-state index in [4.69, 9.17) is 0 Å². The number of likely N-dealkylation sites (tertiary alicyclic amines) is 1. The number of thiazole rings is 1. The van der Waals surface area contributed by atoms with Crippen molar-refractivity contribution in [2.24, 2.45) is 0 Å². The number of aromatic nitrogens is 4. The van der Waals surface area contributed by atoms with Gasteiger partial charge in [0.1, 0.15) is 17.1 Å². The van der Waals surface area contributed by atoms with Crippen LogP contribution in [-0.4, -0.2) is 48.5 Å². The molecule has 158 valence electrons. The molecule has 9 heteroatoms. The maximum Gasteiger partial charge on any atom is 0.256 e. The van der Waals surface area contributed by atoms with E-state index in [0.717, 1.165) is 17.8 Å². The van der Waals surface area contributed by atoms with Gasteiger partial charge in [0.2, 0.25) is 0 Å². The second kappa shape index (κ2) is 7.88. The fourth-order valence-corrected chi connectivity index (χ4v) is 4.80. The molecule has 0 radical (unpaired) electrons. The number of nitrogens with zero attached hydrogens (tertiary/aromatic N) is 5. The van der Waals surface area contributed by atoms with Crippen molar-refractivity contribution in [1.29, 1.82) is 0 Å². The topological polar surface area (TPSA) is 84.1 Å². The molecule has 2 atom stereocenters. The Labute approximate surface area is 178 Å². The Bertz CT molecular complexity index is 1040. The minimum absolute atomic E-state index is 0.0472. The molecule has 0 bridgehead atoms. The molecule has 1 aliphatic heterocycles. The molecule has 0 spiro atoms. The molecule has 0 saturated carbocycles. The van der Waals surface area contributed by atoms with E-state index in [0.29, 0.717) is 23.5 Å². The van der Waals surface area contributed by atoms with Crippen LogP contribution >= 0.6 is 11.3 Å². The van der Waals surface area contributed by atoms with Gasteiger partial charge in [0.25, 0.3) is 5.91 Å². The van der Waals surface area contributed by atoms with Gasteiger partial charge in [0.05, 0.1) is 28.7 Å². The van der Waals surface area contributed by atoms with Crippen LogP contribution in [0.3, 0.4) is 0 Å². The Hall–Kier alpha value is -2.65. The SMILES string of the molecule is CC1CCC(c2nc(C(C)(C)O)cs2)CN1C(=O)c1ccc(F)cc1-n1nccn1. The largest absolute Gasteiger partial charge is 0.384 e. The average molecular weight is 430 g/mol. The van der Waals surface area contributed by atoms with Crippen molar-refractivity contribution in [3.8, 4) is 5.69 Å². The first-order valence-corrected chi connectivity index (χ1v) is 10.8. The van der Waals surface area contributed by atoms with Gasteiger partial charge in [-0.05, 0) is 45.7 Å². The fraction of sp³-hybridized carbons (Fsp3) is 0.429. The van der Waals surface area contributed by atoms with E-state index >= 15 is 0 Å². The summed E-state index contributed by atoms with van der Waals surface area (Å²) in [4.78, 5) is 21.2. The first kappa shape index (κ1) is 20.6. The summed E-state index contributed by atoms with van der Waals surface area (Å²) < 4.78 is 13.9. The molecule has 1 N–H and O–H groups in total. The number of carbonyl (C=O) groups is 1. The number of halogens is 1. The molecule has 4 rings (SSSR count). The molecule has 1 aliphatic rings. The summed E-state index contributed by atoms with van der Waals surface area (Å²) in [5, 5.41) is 21.1. The van der Waals surface area contributed by atoms with Gasteiger partial charge in [-0.1, -0.05) is 0 Å². The summed E-state index contributed by atoms with van der Waals surface area (Å²) >= 11 is 1.51. The molecular formula is C21H24FN5O2S. The lowest BCUT2D eigenvalue weighted by molar-refractivity contribution is 0.0604. The minimum Gasteiger partial charge on any atom is -0.384 e. The Morgan fingerprint density at radius 3 is 2.67 bits per heavy atom. The van der Waals surface area contributed by atoms with Crippen LogP contribution in [0.4, 0.5) is 4.39 Å². The fourth-order valence-electron chi connectivity index (χ4n) is 3.69. The van der Waals surface area contributed by atoms with Crippen molar-refractivity contribution >= 4 is 17.2 Å². The van der Waals surface area contributed by atoms with E-state index in [1.54, 1.807) is 13.8 Å². The van der Waals surface area contributed by atoms with Crippen LogP contribution in [0, 0.1) is 5.82 Å². The number of hydrogen-bond donors (Lipinski definition) is 1. The number of rotatable bonds is 4. The summed E-state index contributed by atoms with van der Waals surface area (Å²) in [7, 11) is 0. The predicted octanol–water partition coefficient (Wildman–Crippen LogP) is 3.50. The van der Waals surface area contributed by atoms with Crippen LogP contribution in [0.2, 0.25) is 0 Å². The number of hydrogen-bond acceptors (Lipinski definition) is 6. The van der Waals surface area contributed by atoms with Crippen molar-refractivity contribution in [2.45, 2.75) is 51.2 Å². The second-order valence-corrected chi connectivity index (χ2v) is 9.08. The van der Waals surface area contributed by atoms with Gasteiger partial charge in [-0.3, -0.25) is 4.79 Å². The molecule has 1 amide bonds. The Balaban J connectivity index is 1.62. The van der Waals surface area contributed by atoms with E-state index in [-0.39, 0.29) is 17.9 Å². The molecule has 1 saturated heterocycles. The number of benzene rings is 1. The van der Waals surface area contributed by atoms with Crippen molar-refractivity contribution < 1.29 is 14.3 Å².